The number of halogens is 4. The highest BCUT2D eigenvalue weighted by molar-refractivity contribution is 9.10. The summed E-state index contributed by atoms with van der Waals surface area (Å²) >= 11 is 3.15. The van der Waals surface area contributed by atoms with Crippen LogP contribution < -0.4 is 5.43 Å². The molecule has 0 aromatic heterocycles. The molecule has 0 saturated heterocycles. The molecule has 1 aromatic carbocycles. The van der Waals surface area contributed by atoms with E-state index in [0.29, 0.717) is 4.47 Å². The molecule has 0 amide bonds. The average Bonchev–Trinajstić information content (AvgIpc) is 2.79. The number of hydrazone groups is 1. The lowest BCUT2D eigenvalue weighted by atomic mass is 10.2. The summed E-state index contributed by atoms with van der Waals surface area (Å²) in [5.41, 5.74) is 1.81. The number of benzene rings is 1. The second kappa shape index (κ2) is 4.78. The van der Waals surface area contributed by atoms with Gasteiger partial charge in [-0.05, 0) is 24.3 Å². The van der Waals surface area contributed by atoms with E-state index in [1.165, 1.54) is 24.3 Å². The molecule has 4 nitrogen and oxygen atoms in total. The third kappa shape index (κ3) is 2.92. The van der Waals surface area contributed by atoms with Crippen LogP contribution in [0.15, 0.2) is 38.7 Å². The van der Waals surface area contributed by atoms with Crippen molar-refractivity contribution in [2.75, 3.05) is 0 Å². The standard InChI is InChI=1S/C10H8BrF3N2O2S/c11-6-1-3-7(4-2-6)19(17,18)9-5-8(15-16-9)10(12,13)14/h1-4,8,15H,5H2. The Morgan fingerprint density at radius 2 is 1.84 bits per heavy atom. The number of nitrogens with zero attached hydrogens (tertiary/aromatic N) is 1. The second-order valence-electron chi connectivity index (χ2n) is 3.89. The highest BCUT2D eigenvalue weighted by atomic mass is 79.9. The largest absolute Gasteiger partial charge is 0.410 e. The monoisotopic (exact) mass is 356 g/mol. The highest BCUT2D eigenvalue weighted by Crippen LogP contribution is 2.28. The lowest BCUT2D eigenvalue weighted by molar-refractivity contribution is -0.151. The molecule has 0 bridgehead atoms. The van der Waals surface area contributed by atoms with Crippen LogP contribution in [0.5, 0.6) is 0 Å². The Hall–Kier alpha value is -1.09. The van der Waals surface area contributed by atoms with Crippen LogP contribution >= 0.6 is 15.9 Å². The minimum Gasteiger partial charge on any atom is -0.296 e. The molecule has 0 aliphatic carbocycles. The molecule has 2 rings (SSSR count). The number of rotatable bonds is 1. The fraction of sp³-hybridized carbons (Fsp3) is 0.300. The van der Waals surface area contributed by atoms with Gasteiger partial charge in [0, 0.05) is 10.9 Å². The summed E-state index contributed by atoms with van der Waals surface area (Å²) in [6.45, 7) is 0. The Balaban J connectivity index is 2.26. The summed E-state index contributed by atoms with van der Waals surface area (Å²) in [6.07, 6.45) is -5.22. The molecular formula is C10H8BrF3N2O2S. The number of hydrogen-bond donors (Lipinski definition) is 1. The third-order valence-electron chi connectivity index (χ3n) is 2.55. The Morgan fingerprint density at radius 3 is 2.32 bits per heavy atom. The quantitative estimate of drug-likeness (QED) is 0.840. The SMILES string of the molecule is O=S(=O)(C1=NNC(C(F)(F)F)C1)c1ccc(Br)cc1. The van der Waals surface area contributed by atoms with Crippen molar-refractivity contribution in [1.82, 2.24) is 5.43 Å². The second-order valence-corrected chi connectivity index (χ2v) is 6.76. The van der Waals surface area contributed by atoms with Gasteiger partial charge in [0.25, 0.3) is 0 Å². The zero-order valence-corrected chi connectivity index (χ0v) is 11.7. The highest BCUT2D eigenvalue weighted by Gasteiger charge is 2.45. The van der Waals surface area contributed by atoms with Crippen LogP contribution in [0.1, 0.15) is 6.42 Å². The predicted molar refractivity (Wildman–Crippen MR) is 66.4 cm³/mol. The fourth-order valence-corrected chi connectivity index (χ4v) is 3.11. The predicted octanol–water partition coefficient (Wildman–Crippen LogP) is 2.46. The Kier molecular flexibility index (Phi) is 3.61. The van der Waals surface area contributed by atoms with Crippen LogP contribution in [0.25, 0.3) is 0 Å². The lowest BCUT2D eigenvalue weighted by Crippen LogP contribution is -2.36. The summed E-state index contributed by atoms with van der Waals surface area (Å²) in [5, 5.41) is 2.80. The maximum atomic E-state index is 12.4. The first-order valence-corrected chi connectivity index (χ1v) is 7.38. The van der Waals surface area contributed by atoms with E-state index in [9.17, 15) is 21.6 Å². The number of hydrogen-bond acceptors (Lipinski definition) is 4. The van der Waals surface area contributed by atoms with Crippen LogP contribution in [0.2, 0.25) is 0 Å². The average molecular weight is 357 g/mol. The van der Waals surface area contributed by atoms with Gasteiger partial charge in [-0.15, -0.1) is 0 Å². The van der Waals surface area contributed by atoms with Crippen molar-refractivity contribution in [2.24, 2.45) is 5.10 Å². The molecule has 0 radical (unpaired) electrons. The molecule has 0 spiro atoms. The van der Waals surface area contributed by atoms with Crippen LogP contribution in [-0.4, -0.2) is 25.7 Å². The van der Waals surface area contributed by atoms with E-state index in [1.54, 1.807) is 0 Å². The maximum Gasteiger partial charge on any atom is 0.410 e. The molecule has 1 N–H and O–H groups in total. The topological polar surface area (TPSA) is 58.5 Å². The molecule has 1 aliphatic rings. The Bertz CT molecular complexity index is 611. The first kappa shape index (κ1) is 14.3. The van der Waals surface area contributed by atoms with Gasteiger partial charge in [-0.3, -0.25) is 5.43 Å². The van der Waals surface area contributed by atoms with Gasteiger partial charge in [0.05, 0.1) is 4.90 Å². The van der Waals surface area contributed by atoms with Gasteiger partial charge in [0.1, 0.15) is 6.04 Å². The summed E-state index contributed by atoms with van der Waals surface area (Å²) in [6, 6.07) is 3.66. The molecule has 1 aliphatic heterocycles. The van der Waals surface area contributed by atoms with Crippen molar-refractivity contribution < 1.29 is 21.6 Å². The Morgan fingerprint density at radius 1 is 1.26 bits per heavy atom. The minimum atomic E-state index is -4.53. The zero-order valence-electron chi connectivity index (χ0n) is 9.28. The van der Waals surface area contributed by atoms with Crippen LogP contribution in [0, 0.1) is 0 Å². The van der Waals surface area contributed by atoms with Gasteiger partial charge in [0.15, 0.2) is 5.04 Å². The fourth-order valence-electron chi connectivity index (χ4n) is 1.52. The van der Waals surface area contributed by atoms with Crippen molar-refractivity contribution in [3.05, 3.63) is 28.7 Å². The number of sulfone groups is 1. The summed E-state index contributed by atoms with van der Waals surface area (Å²) in [4.78, 5) is -0.0842. The van der Waals surface area contributed by atoms with E-state index in [0.717, 1.165) is 0 Å². The molecule has 1 aromatic rings. The van der Waals surface area contributed by atoms with Gasteiger partial charge in [0.2, 0.25) is 9.84 Å². The van der Waals surface area contributed by atoms with Crippen molar-refractivity contribution >= 4 is 30.8 Å². The molecular weight excluding hydrogens is 349 g/mol. The molecule has 104 valence electrons. The summed E-state index contributed by atoms with van der Waals surface area (Å²) in [7, 11) is -3.98. The summed E-state index contributed by atoms with van der Waals surface area (Å²) < 4.78 is 62.1. The first-order chi connectivity index (χ1) is 8.71. The van der Waals surface area contributed by atoms with Gasteiger partial charge in [-0.2, -0.15) is 18.3 Å². The van der Waals surface area contributed by atoms with E-state index in [2.05, 4.69) is 21.0 Å². The number of nitrogens with one attached hydrogen (secondary N) is 1. The molecule has 1 heterocycles. The molecule has 19 heavy (non-hydrogen) atoms. The van der Waals surface area contributed by atoms with Gasteiger partial charge < -0.3 is 0 Å². The van der Waals surface area contributed by atoms with Crippen molar-refractivity contribution in [2.45, 2.75) is 23.5 Å². The zero-order chi connectivity index (χ0) is 14.3. The van der Waals surface area contributed by atoms with Crippen molar-refractivity contribution in [3.8, 4) is 0 Å². The Labute approximate surface area is 115 Å². The van der Waals surface area contributed by atoms with Crippen LogP contribution in [0.3, 0.4) is 0 Å². The van der Waals surface area contributed by atoms with E-state index < -0.39 is 33.5 Å². The van der Waals surface area contributed by atoms with E-state index >= 15 is 0 Å². The molecule has 0 saturated carbocycles. The number of alkyl halides is 3. The minimum absolute atomic E-state index is 0.0842. The van der Waals surface area contributed by atoms with Gasteiger partial charge in [-0.1, -0.05) is 15.9 Å². The molecule has 9 heteroatoms. The smallest absolute Gasteiger partial charge is 0.296 e. The molecule has 0 fully saturated rings. The first-order valence-electron chi connectivity index (χ1n) is 5.11. The molecule has 1 atom stereocenters. The normalized spacial score (nSPS) is 20.0. The molecule has 1 unspecified atom stereocenters. The lowest BCUT2D eigenvalue weighted by Gasteiger charge is -2.13. The summed E-state index contributed by atoms with van der Waals surface area (Å²) in [5.74, 6) is 0. The maximum absolute atomic E-state index is 12.4. The van der Waals surface area contributed by atoms with E-state index in [1.807, 2.05) is 5.43 Å². The third-order valence-corrected chi connectivity index (χ3v) is 4.85. The van der Waals surface area contributed by atoms with E-state index in [-0.39, 0.29) is 4.90 Å². The van der Waals surface area contributed by atoms with Crippen LogP contribution in [0.4, 0.5) is 13.2 Å². The van der Waals surface area contributed by atoms with Gasteiger partial charge in [-0.25, -0.2) is 8.42 Å². The van der Waals surface area contributed by atoms with Crippen molar-refractivity contribution in [1.29, 1.82) is 0 Å². The van der Waals surface area contributed by atoms with Crippen LogP contribution in [-0.2, 0) is 9.84 Å². The van der Waals surface area contributed by atoms with E-state index in [4.69, 9.17) is 0 Å². The van der Waals surface area contributed by atoms with Crippen molar-refractivity contribution in [3.63, 3.8) is 0 Å². The van der Waals surface area contributed by atoms with Gasteiger partial charge >= 0.3 is 6.18 Å².